The lowest BCUT2D eigenvalue weighted by Gasteiger charge is -2.32. The highest BCUT2D eigenvalue weighted by molar-refractivity contribution is 5.76. The van der Waals surface area contributed by atoms with Gasteiger partial charge in [0.05, 0.1) is 0 Å². The van der Waals surface area contributed by atoms with Crippen LogP contribution in [0.25, 0.3) is 0 Å². The lowest BCUT2D eigenvalue weighted by Crippen LogP contribution is -2.42. The lowest BCUT2D eigenvalue weighted by molar-refractivity contribution is -0.121. The van der Waals surface area contributed by atoms with Gasteiger partial charge in [-0.15, -0.1) is 0 Å². The van der Waals surface area contributed by atoms with E-state index in [9.17, 15) is 4.79 Å². The number of nitrogens with two attached hydrogens (primary N) is 1. The molecule has 1 aliphatic rings. The van der Waals surface area contributed by atoms with Gasteiger partial charge in [-0.05, 0) is 18.8 Å². The normalized spacial score (nSPS) is 28.7. The minimum atomic E-state index is -0.202. The summed E-state index contributed by atoms with van der Waals surface area (Å²) in [5, 5.41) is 3.50. The molecule has 3 N–H and O–H groups in total. The summed E-state index contributed by atoms with van der Waals surface area (Å²) >= 11 is 0. The molecule has 3 nitrogen and oxygen atoms in total. The van der Waals surface area contributed by atoms with E-state index in [2.05, 4.69) is 12.2 Å². The Balaban J connectivity index is 2.32. The Labute approximate surface area is 92.8 Å². The number of rotatable bonds is 5. The quantitative estimate of drug-likeness (QED) is 0.728. The third-order valence-electron chi connectivity index (χ3n) is 3.61. The van der Waals surface area contributed by atoms with Crippen LogP contribution in [0.5, 0.6) is 0 Å². The monoisotopic (exact) mass is 212 g/mol. The highest BCUT2D eigenvalue weighted by Gasteiger charge is 2.23. The molecule has 0 aromatic rings. The van der Waals surface area contributed by atoms with E-state index in [1.807, 2.05) is 6.92 Å². The zero-order valence-electron chi connectivity index (χ0n) is 9.96. The van der Waals surface area contributed by atoms with Crippen LogP contribution >= 0.6 is 0 Å². The Morgan fingerprint density at radius 2 is 2.13 bits per heavy atom. The molecule has 1 aliphatic carbocycles. The van der Waals surface area contributed by atoms with Crippen molar-refractivity contribution in [3.63, 3.8) is 0 Å². The smallest absolute Gasteiger partial charge is 0.221 e. The first-order chi connectivity index (χ1) is 7.15. The van der Waals surface area contributed by atoms with Gasteiger partial charge in [-0.2, -0.15) is 0 Å². The van der Waals surface area contributed by atoms with E-state index in [1.54, 1.807) is 0 Å². The molecule has 0 aromatic heterocycles. The number of carbonyl (C=O) groups excluding carboxylic acids is 1. The second-order valence-electron chi connectivity index (χ2n) is 4.77. The standard InChI is InChI=1S/C12H24N2O/c1-3-10-6-4-5-7-11(10)14-8-9(2)12(13)15/h9-11,14H,3-8H2,1-2H3,(H2,13,15). The third kappa shape index (κ3) is 3.82. The van der Waals surface area contributed by atoms with Crippen LogP contribution in [0, 0.1) is 11.8 Å². The summed E-state index contributed by atoms with van der Waals surface area (Å²) in [5.41, 5.74) is 5.24. The van der Waals surface area contributed by atoms with Crippen LogP contribution in [0.2, 0.25) is 0 Å². The number of amides is 1. The van der Waals surface area contributed by atoms with Crippen molar-refractivity contribution >= 4 is 5.91 Å². The minimum Gasteiger partial charge on any atom is -0.369 e. The van der Waals surface area contributed by atoms with Gasteiger partial charge in [0.15, 0.2) is 0 Å². The molecule has 0 bridgehead atoms. The molecule has 1 rings (SSSR count). The van der Waals surface area contributed by atoms with Crippen LogP contribution < -0.4 is 11.1 Å². The Morgan fingerprint density at radius 3 is 2.73 bits per heavy atom. The first-order valence-corrected chi connectivity index (χ1v) is 6.17. The Kier molecular flexibility index (Phi) is 5.09. The van der Waals surface area contributed by atoms with Gasteiger partial charge < -0.3 is 11.1 Å². The topological polar surface area (TPSA) is 55.1 Å². The second kappa shape index (κ2) is 6.11. The van der Waals surface area contributed by atoms with Gasteiger partial charge in [-0.1, -0.05) is 33.1 Å². The number of primary amides is 1. The third-order valence-corrected chi connectivity index (χ3v) is 3.61. The van der Waals surface area contributed by atoms with Gasteiger partial charge in [0, 0.05) is 18.5 Å². The molecule has 0 radical (unpaired) electrons. The fourth-order valence-corrected chi connectivity index (χ4v) is 2.39. The molecule has 0 aliphatic heterocycles. The summed E-state index contributed by atoms with van der Waals surface area (Å²) in [7, 11) is 0. The average molecular weight is 212 g/mol. The van der Waals surface area contributed by atoms with E-state index in [-0.39, 0.29) is 11.8 Å². The van der Waals surface area contributed by atoms with Crippen LogP contribution in [-0.2, 0) is 4.79 Å². The summed E-state index contributed by atoms with van der Waals surface area (Å²) in [6.45, 7) is 4.87. The molecule has 0 aromatic carbocycles. The molecular formula is C12H24N2O. The summed E-state index contributed by atoms with van der Waals surface area (Å²) in [6.07, 6.45) is 6.51. The van der Waals surface area contributed by atoms with Crippen LogP contribution in [0.4, 0.5) is 0 Å². The largest absolute Gasteiger partial charge is 0.369 e. The van der Waals surface area contributed by atoms with Crippen LogP contribution in [0.15, 0.2) is 0 Å². The van der Waals surface area contributed by atoms with E-state index < -0.39 is 0 Å². The summed E-state index contributed by atoms with van der Waals surface area (Å²) in [5.74, 6) is 0.537. The fourth-order valence-electron chi connectivity index (χ4n) is 2.39. The molecule has 0 heterocycles. The van der Waals surface area contributed by atoms with Gasteiger partial charge in [0.25, 0.3) is 0 Å². The molecule has 0 spiro atoms. The fraction of sp³-hybridized carbons (Fsp3) is 0.917. The van der Waals surface area contributed by atoms with Crippen molar-refractivity contribution in [3.8, 4) is 0 Å². The first-order valence-electron chi connectivity index (χ1n) is 6.17. The molecule has 3 heteroatoms. The summed E-state index contributed by atoms with van der Waals surface area (Å²) in [4.78, 5) is 10.9. The van der Waals surface area contributed by atoms with Crippen molar-refractivity contribution in [1.82, 2.24) is 5.32 Å². The molecule has 1 saturated carbocycles. The van der Waals surface area contributed by atoms with Gasteiger partial charge in [-0.25, -0.2) is 0 Å². The maximum Gasteiger partial charge on any atom is 0.221 e. The SMILES string of the molecule is CCC1CCCCC1NCC(C)C(N)=O. The number of hydrogen-bond acceptors (Lipinski definition) is 2. The first kappa shape index (κ1) is 12.5. The van der Waals surface area contributed by atoms with Gasteiger partial charge >= 0.3 is 0 Å². The lowest BCUT2D eigenvalue weighted by atomic mass is 9.83. The zero-order valence-corrected chi connectivity index (χ0v) is 9.96. The van der Waals surface area contributed by atoms with E-state index in [4.69, 9.17) is 5.73 Å². The highest BCUT2D eigenvalue weighted by atomic mass is 16.1. The van der Waals surface area contributed by atoms with Gasteiger partial charge in [0.1, 0.15) is 0 Å². The number of hydrogen-bond donors (Lipinski definition) is 2. The average Bonchev–Trinajstić information content (AvgIpc) is 2.26. The molecule has 1 amide bonds. The molecular weight excluding hydrogens is 188 g/mol. The minimum absolute atomic E-state index is 0.0515. The maximum atomic E-state index is 10.9. The number of nitrogens with one attached hydrogen (secondary N) is 1. The molecule has 15 heavy (non-hydrogen) atoms. The Bertz CT molecular complexity index is 206. The van der Waals surface area contributed by atoms with Crippen molar-refractivity contribution in [2.45, 2.75) is 52.0 Å². The molecule has 3 atom stereocenters. The van der Waals surface area contributed by atoms with Gasteiger partial charge in [0.2, 0.25) is 5.91 Å². The summed E-state index contributed by atoms with van der Waals surface area (Å²) in [6, 6.07) is 0.602. The number of carbonyl (C=O) groups is 1. The van der Waals surface area contributed by atoms with Crippen molar-refractivity contribution in [3.05, 3.63) is 0 Å². The summed E-state index contributed by atoms with van der Waals surface area (Å²) < 4.78 is 0. The van der Waals surface area contributed by atoms with E-state index in [0.29, 0.717) is 6.04 Å². The van der Waals surface area contributed by atoms with Crippen LogP contribution in [-0.4, -0.2) is 18.5 Å². The van der Waals surface area contributed by atoms with Gasteiger partial charge in [-0.3, -0.25) is 4.79 Å². The van der Waals surface area contributed by atoms with Crippen molar-refractivity contribution in [2.75, 3.05) is 6.54 Å². The van der Waals surface area contributed by atoms with Crippen molar-refractivity contribution < 1.29 is 4.79 Å². The molecule has 0 saturated heterocycles. The Hall–Kier alpha value is -0.570. The van der Waals surface area contributed by atoms with E-state index in [0.717, 1.165) is 12.5 Å². The zero-order chi connectivity index (χ0) is 11.3. The maximum absolute atomic E-state index is 10.9. The Morgan fingerprint density at radius 1 is 1.47 bits per heavy atom. The van der Waals surface area contributed by atoms with Crippen molar-refractivity contribution in [2.24, 2.45) is 17.6 Å². The second-order valence-corrected chi connectivity index (χ2v) is 4.77. The van der Waals surface area contributed by atoms with E-state index >= 15 is 0 Å². The predicted octanol–water partition coefficient (Wildman–Crippen LogP) is 1.67. The molecule has 88 valence electrons. The molecule has 3 unspecified atom stereocenters. The van der Waals surface area contributed by atoms with Crippen LogP contribution in [0.1, 0.15) is 46.0 Å². The molecule has 1 fully saturated rings. The predicted molar refractivity (Wildman–Crippen MR) is 62.4 cm³/mol. The van der Waals surface area contributed by atoms with Crippen molar-refractivity contribution in [1.29, 1.82) is 0 Å². The van der Waals surface area contributed by atoms with Crippen LogP contribution in [0.3, 0.4) is 0 Å². The van der Waals surface area contributed by atoms with E-state index in [1.165, 1.54) is 32.1 Å². The highest BCUT2D eigenvalue weighted by Crippen LogP contribution is 2.26.